The van der Waals surface area contributed by atoms with E-state index in [2.05, 4.69) is 15.3 Å². The van der Waals surface area contributed by atoms with Crippen LogP contribution in [0.25, 0.3) is 16.6 Å². The van der Waals surface area contributed by atoms with Crippen molar-refractivity contribution in [3.63, 3.8) is 0 Å². The van der Waals surface area contributed by atoms with Crippen LogP contribution in [-0.4, -0.2) is 38.7 Å². The SMILES string of the molecule is COCCCn1c(=S)[nH]c2cc(C(=O)NCc3ccc(-n4ccnc4)c(F)c3)ccc2c1=O. The second-order valence-electron chi connectivity index (χ2n) is 7.43. The summed E-state index contributed by atoms with van der Waals surface area (Å²) in [7, 11) is 1.60. The maximum atomic E-state index is 14.4. The lowest BCUT2D eigenvalue weighted by atomic mass is 10.1. The zero-order chi connectivity index (χ0) is 23.4. The molecule has 10 heteroatoms. The molecule has 0 aliphatic carbocycles. The fourth-order valence-electron chi connectivity index (χ4n) is 3.52. The number of rotatable bonds is 8. The van der Waals surface area contributed by atoms with Gasteiger partial charge in [-0.15, -0.1) is 0 Å². The van der Waals surface area contributed by atoms with Crippen LogP contribution in [0.1, 0.15) is 22.3 Å². The zero-order valence-corrected chi connectivity index (χ0v) is 18.7. The van der Waals surface area contributed by atoms with E-state index >= 15 is 0 Å². The van der Waals surface area contributed by atoms with Crippen molar-refractivity contribution < 1.29 is 13.9 Å². The quantitative estimate of drug-likeness (QED) is 0.306. The monoisotopic (exact) mass is 467 g/mol. The van der Waals surface area contributed by atoms with Crippen molar-refractivity contribution in [2.45, 2.75) is 19.5 Å². The number of fused-ring (bicyclic) bond motifs is 1. The van der Waals surface area contributed by atoms with E-state index in [1.807, 2.05) is 0 Å². The van der Waals surface area contributed by atoms with Crippen molar-refractivity contribution in [3.8, 4) is 5.69 Å². The summed E-state index contributed by atoms with van der Waals surface area (Å²) >= 11 is 5.32. The van der Waals surface area contributed by atoms with Crippen LogP contribution >= 0.6 is 12.2 Å². The van der Waals surface area contributed by atoms with Crippen molar-refractivity contribution in [1.82, 2.24) is 24.4 Å². The molecule has 0 aliphatic rings. The van der Waals surface area contributed by atoms with Crippen LogP contribution in [0.3, 0.4) is 0 Å². The summed E-state index contributed by atoms with van der Waals surface area (Å²) in [4.78, 5) is 32.4. The van der Waals surface area contributed by atoms with E-state index in [1.54, 1.807) is 54.4 Å². The summed E-state index contributed by atoms with van der Waals surface area (Å²) in [5, 5.41) is 3.21. The van der Waals surface area contributed by atoms with E-state index in [0.717, 1.165) is 0 Å². The van der Waals surface area contributed by atoms with Gasteiger partial charge in [-0.25, -0.2) is 9.37 Å². The first-order valence-corrected chi connectivity index (χ1v) is 10.7. The number of ether oxygens (including phenoxy) is 1. The number of nitrogens with one attached hydrogen (secondary N) is 2. The highest BCUT2D eigenvalue weighted by atomic mass is 32.1. The summed E-state index contributed by atoms with van der Waals surface area (Å²) in [6.45, 7) is 1.11. The molecule has 4 rings (SSSR count). The van der Waals surface area contributed by atoms with Crippen molar-refractivity contribution in [2.24, 2.45) is 0 Å². The number of carbonyl (C=O) groups excluding carboxylic acids is 1. The van der Waals surface area contributed by atoms with Gasteiger partial charge in [-0.05, 0) is 54.5 Å². The molecule has 0 saturated carbocycles. The summed E-state index contributed by atoms with van der Waals surface area (Å²) in [6.07, 6.45) is 5.39. The molecule has 2 aromatic carbocycles. The maximum absolute atomic E-state index is 14.4. The van der Waals surface area contributed by atoms with E-state index in [4.69, 9.17) is 17.0 Å². The summed E-state index contributed by atoms with van der Waals surface area (Å²) in [6, 6.07) is 9.51. The van der Waals surface area contributed by atoms with Crippen molar-refractivity contribution in [2.75, 3.05) is 13.7 Å². The van der Waals surface area contributed by atoms with Crippen LogP contribution < -0.4 is 10.9 Å². The van der Waals surface area contributed by atoms with E-state index < -0.39 is 5.82 Å². The number of aromatic amines is 1. The number of nitrogens with zero attached hydrogens (tertiary/aromatic N) is 3. The molecule has 170 valence electrons. The number of hydrogen-bond donors (Lipinski definition) is 2. The minimum absolute atomic E-state index is 0.148. The van der Waals surface area contributed by atoms with Crippen molar-refractivity contribution in [1.29, 1.82) is 0 Å². The van der Waals surface area contributed by atoms with Crippen molar-refractivity contribution in [3.05, 3.63) is 87.2 Å². The Morgan fingerprint density at radius 3 is 2.85 bits per heavy atom. The second kappa shape index (κ2) is 9.88. The summed E-state index contributed by atoms with van der Waals surface area (Å²) in [5.41, 5.74) is 1.62. The zero-order valence-electron chi connectivity index (χ0n) is 17.9. The van der Waals surface area contributed by atoms with E-state index in [-0.39, 0.29) is 22.8 Å². The Hall–Kier alpha value is -3.63. The first kappa shape index (κ1) is 22.6. The van der Waals surface area contributed by atoms with Gasteiger partial charge in [-0.2, -0.15) is 0 Å². The second-order valence-corrected chi connectivity index (χ2v) is 7.82. The molecule has 0 aliphatic heterocycles. The molecule has 8 nitrogen and oxygen atoms in total. The molecule has 1 amide bonds. The number of amides is 1. The van der Waals surface area contributed by atoms with Gasteiger partial charge in [0.1, 0.15) is 5.82 Å². The Morgan fingerprint density at radius 2 is 2.12 bits per heavy atom. The van der Waals surface area contributed by atoms with Gasteiger partial charge in [-0.1, -0.05) is 6.07 Å². The summed E-state index contributed by atoms with van der Waals surface area (Å²) < 4.78 is 22.8. The molecule has 4 aromatic rings. The molecule has 2 N–H and O–H groups in total. The molecule has 0 unspecified atom stereocenters. The lowest BCUT2D eigenvalue weighted by Crippen LogP contribution is -2.25. The highest BCUT2D eigenvalue weighted by molar-refractivity contribution is 7.71. The molecule has 2 heterocycles. The van der Waals surface area contributed by atoms with Crippen LogP contribution in [-0.2, 0) is 17.8 Å². The number of halogens is 1. The number of benzene rings is 2. The number of methoxy groups -OCH3 is 1. The first-order valence-electron chi connectivity index (χ1n) is 10.3. The lowest BCUT2D eigenvalue weighted by molar-refractivity contribution is 0.0951. The minimum atomic E-state index is -0.417. The van der Waals surface area contributed by atoms with E-state index in [0.29, 0.717) is 47.3 Å². The van der Waals surface area contributed by atoms with Crippen LogP contribution in [0.15, 0.2) is 59.9 Å². The Bertz CT molecular complexity index is 1410. The fourth-order valence-corrected chi connectivity index (χ4v) is 3.81. The number of H-pyrrole nitrogens is 1. The first-order chi connectivity index (χ1) is 16.0. The van der Waals surface area contributed by atoms with Gasteiger partial charge in [0, 0.05) is 44.8 Å². The van der Waals surface area contributed by atoms with Gasteiger partial charge in [-0.3, -0.25) is 14.2 Å². The average molecular weight is 468 g/mol. The standard InChI is InChI=1S/C23H22FN5O3S/c1-32-10-2-8-29-22(31)17-5-4-16(12-19(17)27-23(29)33)21(30)26-13-15-3-6-20(18(24)11-15)28-9-7-25-14-28/h3-7,9,11-12,14H,2,8,10,13H2,1H3,(H,26,30)(H,27,33). The Morgan fingerprint density at radius 1 is 1.27 bits per heavy atom. The molecular weight excluding hydrogens is 445 g/mol. The molecule has 0 radical (unpaired) electrons. The Kier molecular flexibility index (Phi) is 6.76. The molecule has 0 bridgehead atoms. The highest BCUT2D eigenvalue weighted by Crippen LogP contribution is 2.16. The van der Waals surface area contributed by atoms with Crippen LogP contribution in [0, 0.1) is 10.6 Å². The fraction of sp³-hybridized carbons (Fsp3) is 0.217. The molecule has 2 aromatic heterocycles. The molecule has 0 saturated heterocycles. The van der Waals surface area contributed by atoms with Gasteiger partial charge in [0.15, 0.2) is 4.77 Å². The number of aromatic nitrogens is 4. The normalized spacial score (nSPS) is 11.1. The van der Waals surface area contributed by atoms with Gasteiger partial charge >= 0.3 is 0 Å². The smallest absolute Gasteiger partial charge is 0.262 e. The molecule has 33 heavy (non-hydrogen) atoms. The lowest BCUT2D eigenvalue weighted by Gasteiger charge is -2.10. The predicted molar refractivity (Wildman–Crippen MR) is 125 cm³/mol. The van der Waals surface area contributed by atoms with Gasteiger partial charge < -0.3 is 19.6 Å². The molecule has 0 spiro atoms. The largest absolute Gasteiger partial charge is 0.385 e. The van der Waals surface area contributed by atoms with Gasteiger partial charge in [0.05, 0.1) is 22.9 Å². The third-order valence-electron chi connectivity index (χ3n) is 5.22. The van der Waals surface area contributed by atoms with E-state index in [1.165, 1.54) is 17.0 Å². The minimum Gasteiger partial charge on any atom is -0.385 e. The third kappa shape index (κ3) is 4.91. The van der Waals surface area contributed by atoms with Gasteiger partial charge in [0.25, 0.3) is 11.5 Å². The number of imidazole rings is 1. The number of hydrogen-bond acceptors (Lipinski definition) is 5. The average Bonchev–Trinajstić information content (AvgIpc) is 3.34. The van der Waals surface area contributed by atoms with Gasteiger partial charge in [0.2, 0.25) is 0 Å². The predicted octanol–water partition coefficient (Wildman–Crippen LogP) is 3.35. The Labute approximate surface area is 193 Å². The van der Waals surface area contributed by atoms with Crippen molar-refractivity contribution >= 4 is 29.0 Å². The van der Waals surface area contributed by atoms with Crippen LogP contribution in [0.5, 0.6) is 0 Å². The third-order valence-corrected chi connectivity index (χ3v) is 5.54. The topological polar surface area (TPSA) is 93.9 Å². The molecule has 0 fully saturated rings. The van der Waals surface area contributed by atoms with Crippen LogP contribution in [0.2, 0.25) is 0 Å². The number of carbonyl (C=O) groups is 1. The molecule has 0 atom stereocenters. The highest BCUT2D eigenvalue weighted by Gasteiger charge is 2.11. The molecular formula is C23H22FN5O3S. The van der Waals surface area contributed by atoms with E-state index in [9.17, 15) is 14.0 Å². The van der Waals surface area contributed by atoms with Crippen LogP contribution in [0.4, 0.5) is 4.39 Å². The Balaban J connectivity index is 1.49. The summed E-state index contributed by atoms with van der Waals surface area (Å²) in [5.74, 6) is -0.764. The maximum Gasteiger partial charge on any atom is 0.262 e.